The topological polar surface area (TPSA) is 108 Å². The molecule has 1 aliphatic heterocycles. The number of carbonyl (C=O) groups excluding carboxylic acids is 1. The number of fused-ring (bicyclic) bond motifs is 2. The number of carbonyl (C=O) groups is 1. The zero-order chi connectivity index (χ0) is 20.8. The third-order valence-electron chi connectivity index (χ3n) is 5.41. The molecule has 0 saturated heterocycles. The number of hydrogen-bond acceptors (Lipinski definition) is 6. The van der Waals surface area contributed by atoms with Crippen LogP contribution in [-0.4, -0.2) is 48.6 Å². The number of hydrogen-bond donors (Lipinski definition) is 2. The van der Waals surface area contributed by atoms with Crippen molar-refractivity contribution in [1.82, 2.24) is 30.5 Å². The van der Waals surface area contributed by atoms with Crippen LogP contribution in [0.25, 0.3) is 10.9 Å². The molecule has 0 unspecified atom stereocenters. The number of phenolic OH excluding ortho intramolecular Hbond substituents is 1. The van der Waals surface area contributed by atoms with Crippen molar-refractivity contribution < 1.29 is 14.3 Å². The highest BCUT2D eigenvalue weighted by atomic mass is 19.1. The van der Waals surface area contributed by atoms with Gasteiger partial charge in [-0.15, -0.1) is 5.10 Å². The Kier molecular flexibility index (Phi) is 4.16. The molecule has 0 atom stereocenters. The number of phenols is 1. The molecule has 2 aromatic carbocycles. The molecule has 0 spiro atoms. The molecule has 8 nitrogen and oxygen atoms in total. The van der Waals surface area contributed by atoms with Gasteiger partial charge in [-0.05, 0) is 57.3 Å². The van der Waals surface area contributed by atoms with Crippen LogP contribution in [0.5, 0.6) is 5.75 Å². The SMILES string of the molecule is CN1Cc2c(c(O)c3ncc(Cc4ccc(F)cc4)cc3c2Cc2nnn[nH]2)C1=O. The number of nitrogens with zero attached hydrogens (tertiary/aromatic N) is 5. The maximum atomic E-state index is 13.2. The van der Waals surface area contributed by atoms with Gasteiger partial charge in [-0.3, -0.25) is 9.78 Å². The molecule has 9 heteroatoms. The number of amides is 1. The lowest BCUT2D eigenvalue weighted by Crippen LogP contribution is -2.17. The largest absolute Gasteiger partial charge is 0.505 e. The Morgan fingerprint density at radius 2 is 2.00 bits per heavy atom. The summed E-state index contributed by atoms with van der Waals surface area (Å²) < 4.78 is 13.2. The van der Waals surface area contributed by atoms with E-state index in [1.165, 1.54) is 12.1 Å². The number of halogens is 1. The number of tetrazole rings is 1. The van der Waals surface area contributed by atoms with E-state index in [4.69, 9.17) is 0 Å². The first-order chi connectivity index (χ1) is 14.5. The van der Waals surface area contributed by atoms with Crippen LogP contribution in [0.15, 0.2) is 36.5 Å². The van der Waals surface area contributed by atoms with Gasteiger partial charge in [-0.25, -0.2) is 9.49 Å². The first-order valence-electron chi connectivity index (χ1n) is 9.39. The highest BCUT2D eigenvalue weighted by Gasteiger charge is 2.33. The van der Waals surface area contributed by atoms with Gasteiger partial charge in [-0.2, -0.15) is 0 Å². The van der Waals surface area contributed by atoms with Crippen molar-refractivity contribution in [3.8, 4) is 5.75 Å². The van der Waals surface area contributed by atoms with Crippen LogP contribution in [0.1, 0.15) is 38.4 Å². The zero-order valence-electron chi connectivity index (χ0n) is 16.1. The second-order valence-electron chi connectivity index (χ2n) is 7.41. The van der Waals surface area contributed by atoms with E-state index in [1.807, 2.05) is 6.07 Å². The molecule has 1 aliphatic rings. The molecule has 1 amide bonds. The fourth-order valence-corrected chi connectivity index (χ4v) is 3.96. The summed E-state index contributed by atoms with van der Waals surface area (Å²) in [7, 11) is 1.69. The van der Waals surface area contributed by atoms with Crippen LogP contribution in [-0.2, 0) is 19.4 Å². The Morgan fingerprint density at radius 1 is 1.20 bits per heavy atom. The lowest BCUT2D eigenvalue weighted by atomic mass is 9.93. The van der Waals surface area contributed by atoms with Gasteiger partial charge in [-0.1, -0.05) is 12.1 Å². The van der Waals surface area contributed by atoms with E-state index in [9.17, 15) is 14.3 Å². The monoisotopic (exact) mass is 404 g/mol. The Labute approximate surface area is 170 Å². The van der Waals surface area contributed by atoms with Gasteiger partial charge in [0.15, 0.2) is 11.6 Å². The standard InChI is InChI=1S/C21H17FN6O2/c1-28-10-16-14(8-17-24-26-27-25-17)15-7-12(6-11-2-4-13(22)5-3-11)9-23-19(15)20(29)18(16)21(28)30/h2-5,7,9,29H,6,8,10H2,1H3,(H,24,25,26,27). The molecule has 2 aromatic heterocycles. The van der Waals surface area contributed by atoms with Gasteiger partial charge in [0.25, 0.3) is 5.91 Å². The number of aromatic amines is 1. The van der Waals surface area contributed by atoms with Crippen LogP contribution in [0.3, 0.4) is 0 Å². The predicted molar refractivity (Wildman–Crippen MR) is 105 cm³/mol. The first kappa shape index (κ1) is 18.2. The van der Waals surface area contributed by atoms with Gasteiger partial charge in [0, 0.05) is 31.6 Å². The summed E-state index contributed by atoms with van der Waals surface area (Å²) in [5, 5.41) is 25.5. The van der Waals surface area contributed by atoms with Gasteiger partial charge >= 0.3 is 0 Å². The summed E-state index contributed by atoms with van der Waals surface area (Å²) in [6, 6.07) is 8.26. The molecule has 0 aliphatic carbocycles. The van der Waals surface area contributed by atoms with E-state index in [2.05, 4.69) is 25.6 Å². The third kappa shape index (κ3) is 2.95. The molecule has 2 N–H and O–H groups in total. The van der Waals surface area contributed by atoms with E-state index in [0.717, 1.165) is 27.6 Å². The van der Waals surface area contributed by atoms with E-state index < -0.39 is 0 Å². The molecule has 0 fully saturated rings. The van der Waals surface area contributed by atoms with Crippen LogP contribution in [0, 0.1) is 5.82 Å². The molecular weight excluding hydrogens is 387 g/mol. The molecule has 0 radical (unpaired) electrons. The quantitative estimate of drug-likeness (QED) is 0.541. The Balaban J connectivity index is 1.68. The van der Waals surface area contributed by atoms with Gasteiger partial charge in [0.2, 0.25) is 0 Å². The minimum Gasteiger partial charge on any atom is -0.505 e. The lowest BCUT2D eigenvalue weighted by Gasteiger charge is -2.13. The Bertz CT molecular complexity index is 1270. The van der Waals surface area contributed by atoms with Crippen LogP contribution >= 0.6 is 0 Å². The molecule has 0 saturated carbocycles. The molecule has 0 bridgehead atoms. The second kappa shape index (κ2) is 6.87. The first-order valence-corrected chi connectivity index (χ1v) is 9.39. The molecular formula is C21H17FN6O2. The average molecular weight is 404 g/mol. The molecule has 4 aromatic rings. The third-order valence-corrected chi connectivity index (χ3v) is 5.41. The summed E-state index contributed by atoms with van der Waals surface area (Å²) >= 11 is 0. The van der Waals surface area contributed by atoms with Gasteiger partial charge < -0.3 is 10.0 Å². The normalized spacial score (nSPS) is 13.3. The Morgan fingerprint density at radius 3 is 2.73 bits per heavy atom. The number of H-pyrrole nitrogens is 1. The summed E-state index contributed by atoms with van der Waals surface area (Å²) in [6.45, 7) is 0.386. The van der Waals surface area contributed by atoms with Crippen molar-refractivity contribution in [2.24, 2.45) is 0 Å². The van der Waals surface area contributed by atoms with Crippen LogP contribution in [0.4, 0.5) is 4.39 Å². The number of rotatable bonds is 4. The second-order valence-corrected chi connectivity index (χ2v) is 7.41. The number of benzene rings is 2. The summed E-state index contributed by atoms with van der Waals surface area (Å²) in [6.07, 6.45) is 2.60. The van der Waals surface area contributed by atoms with Crippen molar-refractivity contribution >= 4 is 16.8 Å². The van der Waals surface area contributed by atoms with E-state index >= 15 is 0 Å². The van der Waals surface area contributed by atoms with Gasteiger partial charge in [0.05, 0.1) is 5.56 Å². The maximum absolute atomic E-state index is 13.2. The van der Waals surface area contributed by atoms with Crippen LogP contribution < -0.4 is 0 Å². The van der Waals surface area contributed by atoms with Crippen LogP contribution in [0.2, 0.25) is 0 Å². The van der Waals surface area contributed by atoms with E-state index in [-0.39, 0.29) is 23.0 Å². The van der Waals surface area contributed by atoms with E-state index in [1.54, 1.807) is 30.3 Å². The summed E-state index contributed by atoms with van der Waals surface area (Å²) in [5.41, 5.74) is 4.10. The number of pyridine rings is 1. The van der Waals surface area contributed by atoms with Crippen molar-refractivity contribution in [1.29, 1.82) is 0 Å². The van der Waals surface area contributed by atoms with Crippen molar-refractivity contribution in [3.05, 3.63) is 76.0 Å². The van der Waals surface area contributed by atoms with Crippen molar-refractivity contribution in [3.63, 3.8) is 0 Å². The molecule has 150 valence electrons. The number of aromatic hydroxyl groups is 1. The summed E-state index contributed by atoms with van der Waals surface area (Å²) in [4.78, 5) is 18.6. The lowest BCUT2D eigenvalue weighted by molar-refractivity contribution is 0.0814. The maximum Gasteiger partial charge on any atom is 0.258 e. The smallest absolute Gasteiger partial charge is 0.258 e. The minimum absolute atomic E-state index is 0.109. The highest BCUT2D eigenvalue weighted by molar-refractivity contribution is 6.07. The minimum atomic E-state index is -0.285. The molecule has 30 heavy (non-hydrogen) atoms. The molecule has 3 heterocycles. The fourth-order valence-electron chi connectivity index (χ4n) is 3.96. The fraction of sp³-hybridized carbons (Fsp3) is 0.190. The highest BCUT2D eigenvalue weighted by Crippen LogP contribution is 2.40. The Hall–Kier alpha value is -3.88. The van der Waals surface area contributed by atoms with E-state index in [0.29, 0.717) is 30.7 Å². The number of nitrogens with one attached hydrogen (secondary N) is 1. The van der Waals surface area contributed by atoms with Crippen molar-refractivity contribution in [2.75, 3.05) is 7.05 Å². The summed E-state index contributed by atoms with van der Waals surface area (Å²) in [5.74, 6) is -0.0802. The predicted octanol–water partition coefficient (Wildman–Crippen LogP) is 2.36. The molecule has 5 rings (SSSR count). The van der Waals surface area contributed by atoms with Crippen molar-refractivity contribution in [2.45, 2.75) is 19.4 Å². The average Bonchev–Trinajstić information content (AvgIpc) is 3.35. The number of aromatic nitrogens is 5. The zero-order valence-corrected chi connectivity index (χ0v) is 16.1. The van der Waals surface area contributed by atoms with Gasteiger partial charge in [0.1, 0.15) is 11.3 Å².